The van der Waals surface area contributed by atoms with Crippen LogP contribution >= 0.6 is 11.6 Å². The molecule has 0 spiro atoms. The molecule has 32 heavy (non-hydrogen) atoms. The normalized spacial score (nSPS) is 15.4. The quantitative estimate of drug-likeness (QED) is 0.551. The maximum Gasteiger partial charge on any atom is 0.251 e. The number of nitrogens with zero attached hydrogens (tertiary/aromatic N) is 1. The van der Waals surface area contributed by atoms with Crippen molar-refractivity contribution in [3.63, 3.8) is 0 Å². The largest absolute Gasteiger partial charge is 0.491 e. The van der Waals surface area contributed by atoms with Crippen LogP contribution in [-0.4, -0.2) is 44.9 Å². The summed E-state index contributed by atoms with van der Waals surface area (Å²) in [5.74, 6) is 0.767. The lowest BCUT2D eigenvalue weighted by molar-refractivity contribution is 0.0946. The molecule has 174 valence electrons. The monoisotopic (exact) mass is 478 g/mol. The molecule has 2 aromatic rings. The third-order valence-electron chi connectivity index (χ3n) is 5.56. The van der Waals surface area contributed by atoms with Gasteiger partial charge in [0.25, 0.3) is 5.91 Å². The molecule has 0 unspecified atom stereocenters. The first kappa shape index (κ1) is 24.6. The van der Waals surface area contributed by atoms with E-state index in [0.717, 1.165) is 37.0 Å². The molecule has 6 nitrogen and oxygen atoms in total. The van der Waals surface area contributed by atoms with E-state index in [9.17, 15) is 13.2 Å². The van der Waals surface area contributed by atoms with E-state index < -0.39 is 10.0 Å². The molecular weight excluding hydrogens is 448 g/mol. The number of carbonyl (C=O) groups excluding carboxylic acids is 1. The van der Waals surface area contributed by atoms with Crippen LogP contribution < -0.4 is 10.1 Å². The second-order valence-electron chi connectivity index (χ2n) is 8.26. The molecule has 0 aromatic heterocycles. The van der Waals surface area contributed by atoms with Gasteiger partial charge in [-0.05, 0) is 48.6 Å². The van der Waals surface area contributed by atoms with Crippen LogP contribution in [0.25, 0.3) is 0 Å². The number of amides is 1. The van der Waals surface area contributed by atoms with Crippen molar-refractivity contribution in [1.29, 1.82) is 0 Å². The summed E-state index contributed by atoms with van der Waals surface area (Å²) in [5.41, 5.74) is 1.37. The fourth-order valence-corrected chi connectivity index (χ4v) is 5.80. The fraction of sp³-hybridized carbons (Fsp3) is 0.458. The Kier molecular flexibility index (Phi) is 8.57. The van der Waals surface area contributed by atoms with Crippen LogP contribution in [0.3, 0.4) is 0 Å². The van der Waals surface area contributed by atoms with Crippen molar-refractivity contribution >= 4 is 27.5 Å². The second kappa shape index (κ2) is 11.2. The van der Waals surface area contributed by atoms with Crippen molar-refractivity contribution < 1.29 is 17.9 Å². The molecule has 8 heteroatoms. The Bertz CT molecular complexity index is 1030. The van der Waals surface area contributed by atoms with Gasteiger partial charge in [0.1, 0.15) is 17.3 Å². The maximum absolute atomic E-state index is 13.1. The van der Waals surface area contributed by atoms with Gasteiger partial charge in [0.2, 0.25) is 10.0 Å². The summed E-state index contributed by atoms with van der Waals surface area (Å²) < 4.78 is 33.6. The Balaban J connectivity index is 1.64. The molecule has 1 N–H and O–H groups in total. The number of ether oxygens (including phenoxy) is 1. The predicted octanol–water partition coefficient (Wildman–Crippen LogP) is 4.84. The second-order valence-corrected chi connectivity index (χ2v) is 10.6. The lowest BCUT2D eigenvalue weighted by Gasteiger charge is -2.21. The van der Waals surface area contributed by atoms with Gasteiger partial charge in [0.15, 0.2) is 0 Å². The Morgan fingerprint density at radius 2 is 1.78 bits per heavy atom. The summed E-state index contributed by atoms with van der Waals surface area (Å²) in [6, 6.07) is 12.2. The molecule has 1 aliphatic heterocycles. The molecule has 0 bridgehead atoms. The molecule has 0 aliphatic carbocycles. The third-order valence-corrected chi connectivity index (χ3v) is 7.94. The first-order valence-electron chi connectivity index (χ1n) is 11.1. The third kappa shape index (κ3) is 6.03. The summed E-state index contributed by atoms with van der Waals surface area (Å²) >= 11 is 6.22. The highest BCUT2D eigenvalue weighted by atomic mass is 35.5. The minimum Gasteiger partial charge on any atom is -0.491 e. The number of hydrogen-bond donors (Lipinski definition) is 1. The number of hydrogen-bond acceptors (Lipinski definition) is 4. The average Bonchev–Trinajstić information content (AvgIpc) is 3.07. The van der Waals surface area contributed by atoms with Crippen LogP contribution in [0.15, 0.2) is 47.4 Å². The van der Waals surface area contributed by atoms with Crippen molar-refractivity contribution in [2.45, 2.75) is 50.3 Å². The SMILES string of the molecule is CC(C)c1ccccc1OCCNC(=O)c1ccc(Cl)c(S(=O)(=O)N2CCCCCC2)c1. The first-order valence-corrected chi connectivity index (χ1v) is 12.9. The van der Waals surface area contributed by atoms with E-state index in [1.807, 2.05) is 24.3 Å². The van der Waals surface area contributed by atoms with Gasteiger partial charge in [-0.15, -0.1) is 0 Å². The summed E-state index contributed by atoms with van der Waals surface area (Å²) in [5, 5.41) is 2.91. The van der Waals surface area contributed by atoms with Crippen LogP contribution in [0.5, 0.6) is 5.75 Å². The molecule has 1 fully saturated rings. The summed E-state index contributed by atoms with van der Waals surface area (Å²) in [7, 11) is -3.75. The van der Waals surface area contributed by atoms with Gasteiger partial charge in [-0.3, -0.25) is 4.79 Å². The molecule has 3 rings (SSSR count). The van der Waals surface area contributed by atoms with Crippen molar-refractivity contribution in [3.8, 4) is 5.75 Å². The molecule has 1 heterocycles. The molecule has 0 radical (unpaired) electrons. The Morgan fingerprint density at radius 3 is 2.47 bits per heavy atom. The van der Waals surface area contributed by atoms with Gasteiger partial charge >= 0.3 is 0 Å². The van der Waals surface area contributed by atoms with E-state index in [4.69, 9.17) is 16.3 Å². The molecule has 0 saturated carbocycles. The van der Waals surface area contributed by atoms with Crippen molar-refractivity contribution in [2.75, 3.05) is 26.2 Å². The highest BCUT2D eigenvalue weighted by Crippen LogP contribution is 2.28. The van der Waals surface area contributed by atoms with E-state index >= 15 is 0 Å². The van der Waals surface area contributed by atoms with Crippen molar-refractivity contribution in [2.24, 2.45) is 0 Å². The van der Waals surface area contributed by atoms with Gasteiger partial charge < -0.3 is 10.1 Å². The smallest absolute Gasteiger partial charge is 0.251 e. The van der Waals surface area contributed by atoms with E-state index in [2.05, 4.69) is 19.2 Å². The van der Waals surface area contributed by atoms with Crippen LogP contribution in [0.1, 0.15) is 61.4 Å². The predicted molar refractivity (Wildman–Crippen MR) is 127 cm³/mol. The van der Waals surface area contributed by atoms with Crippen LogP contribution in [0.2, 0.25) is 5.02 Å². The van der Waals surface area contributed by atoms with Crippen LogP contribution in [-0.2, 0) is 10.0 Å². The zero-order valence-electron chi connectivity index (χ0n) is 18.6. The topological polar surface area (TPSA) is 75.7 Å². The summed E-state index contributed by atoms with van der Waals surface area (Å²) in [4.78, 5) is 12.6. The zero-order valence-corrected chi connectivity index (χ0v) is 20.2. The molecule has 1 saturated heterocycles. The minimum absolute atomic E-state index is 0.0178. The van der Waals surface area contributed by atoms with Crippen molar-refractivity contribution in [3.05, 3.63) is 58.6 Å². The standard InChI is InChI=1S/C24H31ClN2O4S/c1-18(2)20-9-5-6-10-22(20)31-16-13-26-24(28)19-11-12-21(25)23(17-19)32(29,30)27-14-7-3-4-8-15-27/h5-6,9-12,17-18H,3-4,7-8,13-16H2,1-2H3,(H,26,28). The van der Waals surface area contributed by atoms with E-state index in [1.165, 1.54) is 22.5 Å². The number of sulfonamides is 1. The number of halogens is 1. The van der Waals surface area contributed by atoms with Crippen molar-refractivity contribution in [1.82, 2.24) is 9.62 Å². The molecule has 2 aromatic carbocycles. The van der Waals surface area contributed by atoms with Gasteiger partial charge in [0.05, 0.1) is 11.6 Å². The number of rotatable bonds is 8. The van der Waals surface area contributed by atoms with Gasteiger partial charge in [-0.25, -0.2) is 8.42 Å². The fourth-order valence-electron chi connectivity index (χ4n) is 3.78. The maximum atomic E-state index is 13.1. The van der Waals surface area contributed by atoms with E-state index in [-0.39, 0.29) is 21.4 Å². The summed E-state index contributed by atoms with van der Waals surface area (Å²) in [6.45, 7) is 5.75. The number of carbonyl (C=O) groups is 1. The van der Waals surface area contributed by atoms with Crippen LogP contribution in [0, 0.1) is 0 Å². The Hall–Kier alpha value is -2.09. The molecule has 0 atom stereocenters. The zero-order chi connectivity index (χ0) is 23.1. The van der Waals surface area contributed by atoms with E-state index in [0.29, 0.717) is 32.2 Å². The van der Waals surface area contributed by atoms with Gasteiger partial charge in [-0.2, -0.15) is 4.31 Å². The number of benzene rings is 2. The first-order chi connectivity index (χ1) is 15.3. The molecule has 1 amide bonds. The number of para-hydroxylation sites is 1. The lowest BCUT2D eigenvalue weighted by atomic mass is 10.0. The Labute approximate surface area is 196 Å². The van der Waals surface area contributed by atoms with Gasteiger partial charge in [-0.1, -0.05) is 56.5 Å². The molecule has 1 aliphatic rings. The lowest BCUT2D eigenvalue weighted by Crippen LogP contribution is -2.32. The number of nitrogens with one attached hydrogen (secondary N) is 1. The van der Waals surface area contributed by atoms with E-state index in [1.54, 1.807) is 0 Å². The Morgan fingerprint density at radius 1 is 1.09 bits per heavy atom. The average molecular weight is 479 g/mol. The highest BCUT2D eigenvalue weighted by Gasteiger charge is 2.28. The van der Waals surface area contributed by atoms with Crippen LogP contribution in [0.4, 0.5) is 0 Å². The highest BCUT2D eigenvalue weighted by molar-refractivity contribution is 7.89. The summed E-state index contributed by atoms with van der Waals surface area (Å²) in [6.07, 6.45) is 3.70. The molecular formula is C24H31ClN2O4S. The minimum atomic E-state index is -3.75. The van der Waals surface area contributed by atoms with Gasteiger partial charge in [0, 0.05) is 18.7 Å².